The molecule has 4 aliphatic heterocycles. The fraction of sp³-hybridized carbons (Fsp3) is 0.687. The number of isothiocyanates is 2. The average molecular weight is 1960 g/mol. The third kappa shape index (κ3) is 51.9. The van der Waals surface area contributed by atoms with Crippen LogP contribution in [0.5, 0.6) is 0 Å². The molecule has 3 aromatic rings. The van der Waals surface area contributed by atoms with Crippen LogP contribution in [0, 0.1) is 41.3 Å². The van der Waals surface area contributed by atoms with Crippen LogP contribution < -0.4 is 27.8 Å². The number of esters is 4. The summed E-state index contributed by atoms with van der Waals surface area (Å²) in [6.07, 6.45) is -16.1. The van der Waals surface area contributed by atoms with E-state index in [9.17, 15) is 62.8 Å². The summed E-state index contributed by atoms with van der Waals surface area (Å²) < 4.78 is 139. The fourth-order valence-electron chi connectivity index (χ4n) is 11.6. The van der Waals surface area contributed by atoms with Crippen LogP contribution in [0.15, 0.2) is 92.6 Å². The number of aliphatic hydroxyl groups is 8. The molecule has 0 aliphatic carbocycles. The number of quaternary nitrogens is 1. The number of benzene rings is 3. The maximum absolute atomic E-state index is 11.5. The van der Waals surface area contributed by atoms with Gasteiger partial charge < -0.3 is 168 Å². The maximum Gasteiger partial charge on any atom is 0.303 e. The number of aliphatic hydroxyl groups excluding tert-OH is 8. The van der Waals surface area contributed by atoms with E-state index in [1.807, 2.05) is 64.3 Å². The molecular weight excluding hydrogens is 1830 g/mol. The molecule has 48 heteroatoms. The minimum absolute atomic E-state index is 0.0180. The summed E-state index contributed by atoms with van der Waals surface area (Å²) in [4.78, 5) is 53.5. The molecule has 744 valence electrons. The van der Waals surface area contributed by atoms with E-state index < -0.39 is 121 Å². The summed E-state index contributed by atoms with van der Waals surface area (Å²) in [5, 5.41) is 97.8. The van der Waals surface area contributed by atoms with Crippen molar-refractivity contribution < 1.29 is 173 Å². The first-order valence-corrected chi connectivity index (χ1v) is 45.4. The summed E-state index contributed by atoms with van der Waals surface area (Å²) in [6, 6.07) is 20.2. The lowest BCUT2D eigenvalue weighted by molar-refractivity contribution is -0.374. The van der Waals surface area contributed by atoms with Crippen LogP contribution in [0.2, 0.25) is 0 Å². The number of carbonyl (C=O) groups excluding carboxylic acids is 4. The van der Waals surface area contributed by atoms with Gasteiger partial charge in [0.1, 0.15) is 77.6 Å². The van der Waals surface area contributed by atoms with Crippen LogP contribution in [0.4, 0.5) is 17.1 Å². The number of nitrogens with two attached hydrogens (primary N) is 2. The Kier molecular flexibility index (Phi) is 66.2. The number of hydrogen-bond donors (Lipinski definition) is 13. The zero-order chi connectivity index (χ0) is 97.5. The van der Waals surface area contributed by atoms with E-state index in [1.54, 1.807) is 36.4 Å². The van der Waals surface area contributed by atoms with Gasteiger partial charge in [-0.3, -0.25) is 19.2 Å². The van der Waals surface area contributed by atoms with Crippen molar-refractivity contribution in [1.82, 2.24) is 5.32 Å². The van der Waals surface area contributed by atoms with Crippen molar-refractivity contribution in [1.29, 1.82) is 5.26 Å². The Hall–Kier alpha value is -6.50. The van der Waals surface area contributed by atoms with Gasteiger partial charge in [-0.05, 0) is 128 Å². The number of aryl methyl sites for hydroxylation is 1. The average Bonchev–Trinajstić information content (AvgIpc) is 0.805. The zero-order valence-corrected chi connectivity index (χ0v) is 79.2. The Labute approximate surface area is 784 Å². The number of rotatable bonds is 50. The van der Waals surface area contributed by atoms with Gasteiger partial charge in [-0.2, -0.15) is 15.2 Å². The second-order valence-corrected chi connectivity index (χ2v) is 31.8. The molecule has 20 atom stereocenters. The summed E-state index contributed by atoms with van der Waals surface area (Å²) in [6.45, 7) is 23.8. The minimum atomic E-state index is -4.27. The van der Waals surface area contributed by atoms with Gasteiger partial charge >= 0.3 is 23.9 Å². The minimum Gasteiger partial charge on any atom is -0.744 e. The van der Waals surface area contributed by atoms with Crippen LogP contribution >= 0.6 is 48.4 Å². The number of thiocyanates is 1. The Morgan fingerprint density at radius 2 is 0.832 bits per heavy atom. The standard InChI is InChI=1S/C20H29N3O8S2.2C18H33NO8.C12H25NO8.C8H4N2S2.C7H8O3S/c24-11-15-16(25)17(26)18(27)19(31-15)30-10-9-29-8-7-28-6-5-21-20(33)23-14-3-1-13(2-4-14)22-12-32;2*1-12-13(2)17(26-15(4)21)18(27-16(12)11-25-14(3)20)24-10-9-23-8-7-22-6-5-19;13-1-2-18-3-4-19-5-6-20-12-11(17)10(16)9(15)8(7-14)21-12;9-5-12-8-3-1-7(2-4-8)10-6-11;1-6-2-4-7(5-3-6)11(8,9)10/h1-4,15-19,24-27H,5-11H2,(H2,21,23,33);2*12-13,16-18H,5-11,19H2,1-4H3;8-12,14-17H,1-7,13H2;1-4H;2-5H,1H3,(H,8,9,10)/t15?,16-,17+,18?,19+;2*12-,13-,16?,17?,18-;8?,9-,10+,11?,12+;;/m1001../s1. The largest absolute Gasteiger partial charge is 0.744 e. The first kappa shape index (κ1) is 121. The fourth-order valence-corrected chi connectivity index (χ4v) is 12.9. The first-order valence-electron chi connectivity index (χ1n) is 42.0. The van der Waals surface area contributed by atoms with Crippen LogP contribution in [-0.2, 0) is 124 Å². The third-order valence-corrected chi connectivity index (χ3v) is 20.8. The van der Waals surface area contributed by atoms with Gasteiger partial charge in [0.25, 0.3) is 0 Å². The lowest BCUT2D eigenvalue weighted by atomic mass is 9.83. The van der Waals surface area contributed by atoms with Crippen molar-refractivity contribution in [3.8, 4) is 5.40 Å². The van der Waals surface area contributed by atoms with E-state index in [0.29, 0.717) is 123 Å². The number of ether oxygens (including phenoxy) is 20. The van der Waals surface area contributed by atoms with Gasteiger partial charge in [-0.15, -0.1) is 0 Å². The Morgan fingerprint density at radius 3 is 1.17 bits per heavy atom. The van der Waals surface area contributed by atoms with Crippen molar-refractivity contribution >= 4 is 115 Å². The monoisotopic (exact) mass is 1960 g/mol. The number of hydrogen-bond acceptors (Lipinski definition) is 44. The normalized spacial score (nSPS) is 24.8. The van der Waals surface area contributed by atoms with E-state index in [2.05, 4.69) is 61.1 Å². The van der Waals surface area contributed by atoms with Gasteiger partial charge in [0.2, 0.25) is 0 Å². The number of nitriles is 1. The summed E-state index contributed by atoms with van der Waals surface area (Å²) in [5.74, 6) is -1.55. The molecule has 4 heterocycles. The summed E-state index contributed by atoms with van der Waals surface area (Å²) in [7, 11) is -4.27. The van der Waals surface area contributed by atoms with E-state index in [4.69, 9.17) is 134 Å². The molecule has 0 bridgehead atoms. The van der Waals surface area contributed by atoms with Gasteiger partial charge in [-0.1, -0.05) is 45.4 Å². The van der Waals surface area contributed by atoms with E-state index in [0.717, 1.165) is 40.1 Å². The number of thiocarbonyl (C=S) groups is 3. The maximum atomic E-state index is 11.5. The number of nitrogens with zero attached hydrogens (tertiary/aromatic N) is 3. The van der Waals surface area contributed by atoms with Crippen LogP contribution in [0.25, 0.3) is 0 Å². The Morgan fingerprint density at radius 1 is 0.489 bits per heavy atom. The molecule has 4 aliphatic rings. The van der Waals surface area contributed by atoms with Crippen LogP contribution in [0.1, 0.15) is 61.0 Å². The molecule has 43 nitrogen and oxygen atoms in total. The molecule has 0 radical (unpaired) electrons. The molecule has 0 amide bonds. The third-order valence-electron chi connectivity index (χ3n) is 18.9. The zero-order valence-electron chi connectivity index (χ0n) is 75.1. The number of carbonyl (C=O) groups is 4. The van der Waals surface area contributed by atoms with Crippen molar-refractivity contribution in [2.75, 3.05) is 190 Å². The molecule has 131 heavy (non-hydrogen) atoms. The Bertz CT molecular complexity index is 3770. The quantitative estimate of drug-likeness (QED) is 0.00535. The molecule has 8 unspecified atom stereocenters. The van der Waals surface area contributed by atoms with Crippen LogP contribution in [0.3, 0.4) is 0 Å². The smallest absolute Gasteiger partial charge is 0.303 e. The molecular formula is C83H132N8O35S5. The van der Waals surface area contributed by atoms with Crippen molar-refractivity contribution in [3.05, 3.63) is 78.4 Å². The molecule has 0 aromatic heterocycles. The van der Waals surface area contributed by atoms with Crippen molar-refractivity contribution in [3.63, 3.8) is 0 Å². The SMILES string of the molecule is CC(=O)OCC1O[C@H](OCCOCCOCCN)C(OC(C)=O)[C@@H](C)[C@@H]1C.CC(=O)OCC1O[C@H](OCCOCCOCC[NH3+])C(OC(C)=O)[C@@H](C)[C@@H]1C.Cc1ccc(S(=O)(=O)[O-])cc1.N#CSc1ccc(N=C=S)cc1.NCCOCCOCCO[C@H]1OC(CO)[C@@H](O)[C@H](O)C1O.OCC1O[C@H](OCCOCCOCCNC(=S)Nc2ccc(N=C=S)cc2)C(O)[C@@H](O)[C@@H]1O. The second-order valence-electron chi connectivity index (χ2n) is 28.8. The molecule has 4 fully saturated rings. The summed E-state index contributed by atoms with van der Waals surface area (Å²) in [5.41, 5.74) is 17.5. The predicted octanol–water partition coefficient (Wildman–Crippen LogP) is 0.502. The lowest BCUT2D eigenvalue weighted by Gasteiger charge is -2.43. The van der Waals surface area contributed by atoms with E-state index in [-0.39, 0.29) is 106 Å². The number of anilines is 1. The van der Waals surface area contributed by atoms with Gasteiger partial charge in [-0.25, -0.2) is 8.42 Å². The molecule has 17 N–H and O–H groups in total. The molecule has 4 saturated heterocycles. The van der Waals surface area contributed by atoms with Gasteiger partial charge in [0.05, 0.1) is 191 Å². The van der Waals surface area contributed by atoms with Gasteiger partial charge in [0, 0.05) is 69.7 Å². The first-order chi connectivity index (χ1) is 62.7. The second kappa shape index (κ2) is 71.9. The van der Waals surface area contributed by atoms with Crippen LogP contribution in [-0.4, -0.2) is 376 Å². The van der Waals surface area contributed by atoms with Crippen molar-refractivity contribution in [2.45, 2.75) is 171 Å². The van der Waals surface area contributed by atoms with E-state index >= 15 is 0 Å². The van der Waals surface area contributed by atoms with E-state index in [1.165, 1.54) is 39.8 Å². The number of aliphatic imine (C=N–C) groups is 2. The topological polar surface area (TPSA) is 624 Å². The molecule has 0 spiro atoms. The molecule has 3 aromatic carbocycles. The predicted molar refractivity (Wildman–Crippen MR) is 479 cm³/mol. The lowest BCUT2D eigenvalue weighted by Crippen LogP contribution is -2.59. The van der Waals surface area contributed by atoms with Crippen molar-refractivity contribution in [2.24, 2.45) is 45.1 Å². The highest BCUT2D eigenvalue weighted by atomic mass is 32.2. The number of thioether (sulfide) groups is 1. The Balaban J connectivity index is 0.000000550. The molecule has 0 saturated carbocycles. The summed E-state index contributed by atoms with van der Waals surface area (Å²) >= 11 is 15.3. The van der Waals surface area contributed by atoms with Gasteiger partial charge in [0.15, 0.2) is 42.5 Å². The highest BCUT2D eigenvalue weighted by molar-refractivity contribution is 8.03. The highest BCUT2D eigenvalue weighted by Gasteiger charge is 2.48. The number of nitrogens with one attached hydrogen (secondary N) is 2. The highest BCUT2D eigenvalue weighted by Crippen LogP contribution is 2.36. The molecule has 7 rings (SSSR count).